The normalized spacial score (nSPS) is 26.1. The fraction of sp³-hybridized carbons (Fsp3) is 0.688. The second kappa shape index (κ2) is 5.70. The summed E-state index contributed by atoms with van der Waals surface area (Å²) in [6.07, 6.45) is 3.96. The third-order valence-corrected chi connectivity index (χ3v) is 4.44. The summed E-state index contributed by atoms with van der Waals surface area (Å²) in [6.45, 7) is 6.05. The lowest BCUT2D eigenvalue weighted by molar-refractivity contribution is 0.0253. The van der Waals surface area contributed by atoms with Crippen molar-refractivity contribution in [3.05, 3.63) is 23.4 Å². The number of anilines is 1. The van der Waals surface area contributed by atoms with Crippen molar-refractivity contribution < 1.29 is 9.84 Å². The molecule has 1 saturated heterocycles. The molecule has 20 heavy (non-hydrogen) atoms. The molecule has 2 heterocycles. The average Bonchev–Trinajstić information content (AvgIpc) is 2.94. The van der Waals surface area contributed by atoms with Crippen LogP contribution in [0, 0.1) is 0 Å². The molecule has 1 saturated carbocycles. The molecule has 3 rings (SSSR count). The van der Waals surface area contributed by atoms with Crippen molar-refractivity contribution in [2.75, 3.05) is 18.1 Å². The molecule has 1 N–H and O–H groups in total. The van der Waals surface area contributed by atoms with E-state index in [-0.39, 0.29) is 6.61 Å². The summed E-state index contributed by atoms with van der Waals surface area (Å²) < 4.78 is 5.87. The first-order valence-corrected chi connectivity index (χ1v) is 7.69. The van der Waals surface area contributed by atoms with E-state index in [1.54, 1.807) is 0 Å². The number of fused-ring (bicyclic) bond motifs is 1. The minimum Gasteiger partial charge on any atom is -0.392 e. The summed E-state index contributed by atoms with van der Waals surface area (Å²) in [5.74, 6) is 1.39. The van der Waals surface area contributed by atoms with Gasteiger partial charge in [0, 0.05) is 12.2 Å². The Morgan fingerprint density at radius 2 is 2.25 bits per heavy atom. The molecule has 2 aliphatic rings. The van der Waals surface area contributed by atoms with Crippen LogP contribution in [0.4, 0.5) is 5.82 Å². The molecule has 0 spiro atoms. The Morgan fingerprint density at radius 3 is 3.00 bits per heavy atom. The number of nitrogens with zero attached hydrogens (tertiary/aromatic N) is 2. The largest absolute Gasteiger partial charge is 0.392 e. The van der Waals surface area contributed by atoms with Crippen LogP contribution in [-0.2, 0) is 11.3 Å². The first-order valence-electron chi connectivity index (χ1n) is 7.69. The predicted octanol–water partition coefficient (Wildman–Crippen LogP) is 2.46. The maximum Gasteiger partial charge on any atom is 0.129 e. The lowest BCUT2D eigenvalue weighted by atomic mass is 10.1. The van der Waals surface area contributed by atoms with E-state index in [2.05, 4.69) is 18.7 Å². The van der Waals surface area contributed by atoms with Gasteiger partial charge in [-0.15, -0.1) is 0 Å². The lowest BCUT2D eigenvalue weighted by Crippen LogP contribution is -2.49. The van der Waals surface area contributed by atoms with E-state index in [1.807, 2.05) is 12.1 Å². The highest BCUT2D eigenvalue weighted by atomic mass is 16.5. The van der Waals surface area contributed by atoms with Crippen LogP contribution in [0.5, 0.6) is 0 Å². The SMILES string of the molecule is CC(C)c1cc(CO)cc(N2CCOC3CCCC32)n1. The quantitative estimate of drug-likeness (QED) is 0.921. The van der Waals surface area contributed by atoms with Gasteiger partial charge in [-0.1, -0.05) is 13.8 Å². The van der Waals surface area contributed by atoms with E-state index in [1.165, 1.54) is 12.8 Å². The molecule has 4 heteroatoms. The number of aliphatic hydroxyl groups excluding tert-OH is 1. The maximum absolute atomic E-state index is 9.48. The van der Waals surface area contributed by atoms with Gasteiger partial charge in [0.2, 0.25) is 0 Å². The van der Waals surface area contributed by atoms with Gasteiger partial charge in [0.1, 0.15) is 5.82 Å². The summed E-state index contributed by atoms with van der Waals surface area (Å²) in [7, 11) is 0. The van der Waals surface area contributed by atoms with E-state index in [4.69, 9.17) is 9.72 Å². The fourth-order valence-electron chi connectivity index (χ4n) is 3.34. The minimum absolute atomic E-state index is 0.0771. The van der Waals surface area contributed by atoms with Gasteiger partial charge in [-0.25, -0.2) is 4.98 Å². The van der Waals surface area contributed by atoms with Crippen LogP contribution >= 0.6 is 0 Å². The number of hydrogen-bond acceptors (Lipinski definition) is 4. The molecule has 110 valence electrons. The standard InChI is InChI=1S/C16H24N2O2/c1-11(2)13-8-12(10-19)9-16(17-13)18-6-7-20-15-5-3-4-14(15)18/h8-9,11,14-15,19H,3-7,10H2,1-2H3. The fourth-order valence-corrected chi connectivity index (χ4v) is 3.34. The molecule has 0 aromatic carbocycles. The second-order valence-electron chi connectivity index (χ2n) is 6.17. The first kappa shape index (κ1) is 13.8. The first-order chi connectivity index (χ1) is 9.69. The molecular formula is C16H24N2O2. The van der Waals surface area contributed by atoms with Crippen molar-refractivity contribution in [2.45, 2.75) is 57.8 Å². The Hall–Kier alpha value is -1.13. The summed E-state index contributed by atoms with van der Waals surface area (Å²) in [5, 5.41) is 9.48. The molecule has 2 unspecified atom stereocenters. The van der Waals surface area contributed by atoms with Crippen LogP contribution in [0.15, 0.2) is 12.1 Å². The molecule has 0 amide bonds. The van der Waals surface area contributed by atoms with Crippen molar-refractivity contribution in [1.82, 2.24) is 4.98 Å². The van der Waals surface area contributed by atoms with Gasteiger partial charge in [-0.05, 0) is 42.9 Å². The van der Waals surface area contributed by atoms with Gasteiger partial charge in [0.15, 0.2) is 0 Å². The molecule has 2 atom stereocenters. The van der Waals surface area contributed by atoms with Crippen LogP contribution in [0.3, 0.4) is 0 Å². The zero-order valence-electron chi connectivity index (χ0n) is 12.4. The van der Waals surface area contributed by atoms with Gasteiger partial charge >= 0.3 is 0 Å². The predicted molar refractivity (Wildman–Crippen MR) is 79.0 cm³/mol. The molecule has 1 aliphatic carbocycles. The van der Waals surface area contributed by atoms with Crippen LogP contribution in [-0.4, -0.2) is 35.4 Å². The Kier molecular flexibility index (Phi) is 3.94. The third kappa shape index (κ3) is 2.54. The van der Waals surface area contributed by atoms with E-state index >= 15 is 0 Å². The Bertz CT molecular complexity index is 476. The average molecular weight is 276 g/mol. The smallest absolute Gasteiger partial charge is 0.129 e. The van der Waals surface area contributed by atoms with Crippen molar-refractivity contribution in [3.63, 3.8) is 0 Å². The summed E-state index contributed by atoms with van der Waals surface area (Å²) in [6, 6.07) is 4.51. The van der Waals surface area contributed by atoms with Crippen molar-refractivity contribution in [3.8, 4) is 0 Å². The van der Waals surface area contributed by atoms with Gasteiger partial charge in [-0.2, -0.15) is 0 Å². The van der Waals surface area contributed by atoms with Gasteiger partial charge < -0.3 is 14.7 Å². The number of aromatic nitrogens is 1. The number of hydrogen-bond donors (Lipinski definition) is 1. The van der Waals surface area contributed by atoms with Crippen molar-refractivity contribution >= 4 is 5.82 Å². The number of ether oxygens (including phenoxy) is 1. The molecule has 1 aromatic heterocycles. The second-order valence-corrected chi connectivity index (χ2v) is 6.17. The maximum atomic E-state index is 9.48. The highest BCUT2D eigenvalue weighted by Crippen LogP contribution is 2.33. The summed E-state index contributed by atoms with van der Waals surface area (Å²) in [4.78, 5) is 7.22. The van der Waals surface area contributed by atoms with Crippen LogP contribution in [0.1, 0.15) is 50.3 Å². The molecule has 4 nitrogen and oxygen atoms in total. The number of aliphatic hydroxyl groups is 1. The Morgan fingerprint density at radius 1 is 1.40 bits per heavy atom. The van der Waals surface area contributed by atoms with Gasteiger partial charge in [-0.3, -0.25) is 0 Å². The number of pyridine rings is 1. The molecule has 2 fully saturated rings. The highest BCUT2D eigenvalue weighted by Gasteiger charge is 2.36. The van der Waals surface area contributed by atoms with Crippen molar-refractivity contribution in [2.24, 2.45) is 0 Å². The van der Waals surface area contributed by atoms with E-state index in [0.717, 1.165) is 36.6 Å². The lowest BCUT2D eigenvalue weighted by Gasteiger charge is -2.39. The summed E-state index contributed by atoms with van der Waals surface area (Å²) in [5.41, 5.74) is 2.02. The van der Waals surface area contributed by atoms with Crippen LogP contribution < -0.4 is 4.90 Å². The molecule has 1 aromatic rings. The van der Waals surface area contributed by atoms with E-state index in [0.29, 0.717) is 18.1 Å². The molecule has 1 aliphatic heterocycles. The van der Waals surface area contributed by atoms with Crippen molar-refractivity contribution in [1.29, 1.82) is 0 Å². The third-order valence-electron chi connectivity index (χ3n) is 4.44. The Labute approximate surface area is 120 Å². The number of rotatable bonds is 3. The van der Waals surface area contributed by atoms with Crippen LogP contribution in [0.2, 0.25) is 0 Å². The molecular weight excluding hydrogens is 252 g/mol. The van der Waals surface area contributed by atoms with E-state index < -0.39 is 0 Å². The molecule has 0 radical (unpaired) electrons. The van der Waals surface area contributed by atoms with Gasteiger partial charge in [0.05, 0.1) is 25.4 Å². The minimum atomic E-state index is 0.0771. The zero-order valence-corrected chi connectivity index (χ0v) is 12.4. The monoisotopic (exact) mass is 276 g/mol. The summed E-state index contributed by atoms with van der Waals surface area (Å²) >= 11 is 0. The number of morpholine rings is 1. The highest BCUT2D eigenvalue weighted by molar-refractivity contribution is 5.45. The van der Waals surface area contributed by atoms with Crippen LogP contribution in [0.25, 0.3) is 0 Å². The van der Waals surface area contributed by atoms with E-state index in [9.17, 15) is 5.11 Å². The van der Waals surface area contributed by atoms with Gasteiger partial charge in [0.25, 0.3) is 0 Å². The zero-order chi connectivity index (χ0) is 14.1. The molecule has 0 bridgehead atoms. The topological polar surface area (TPSA) is 45.6 Å². The Balaban J connectivity index is 1.93.